The summed E-state index contributed by atoms with van der Waals surface area (Å²) in [5.74, 6) is -0.295. The molecule has 26 heavy (non-hydrogen) atoms. The van der Waals surface area contributed by atoms with Crippen molar-refractivity contribution < 1.29 is 19.4 Å². The number of carbonyl (C=O) groups is 2. The van der Waals surface area contributed by atoms with Gasteiger partial charge in [0, 0.05) is 6.92 Å². The zero-order chi connectivity index (χ0) is 19.9. The Bertz CT molecular complexity index is 561. The van der Waals surface area contributed by atoms with Gasteiger partial charge in [-0.1, -0.05) is 29.4 Å². The van der Waals surface area contributed by atoms with E-state index in [1.807, 2.05) is 39.8 Å². The third-order valence-electron chi connectivity index (χ3n) is 3.99. The number of carbonyl (C=O) groups excluding carboxylic acids is 2. The summed E-state index contributed by atoms with van der Waals surface area (Å²) in [5.41, 5.74) is 4.24. The van der Waals surface area contributed by atoms with Crippen molar-refractivity contribution in [2.24, 2.45) is 0 Å². The van der Waals surface area contributed by atoms with Gasteiger partial charge in [0.25, 0.3) is 0 Å². The number of aldehydes is 1. The molecule has 0 aliphatic carbocycles. The van der Waals surface area contributed by atoms with E-state index in [0.717, 1.165) is 48.7 Å². The molecule has 0 fully saturated rings. The molecule has 0 amide bonds. The van der Waals surface area contributed by atoms with Crippen molar-refractivity contribution in [2.45, 2.75) is 72.8 Å². The molecule has 4 nitrogen and oxygen atoms in total. The van der Waals surface area contributed by atoms with Gasteiger partial charge < -0.3 is 9.84 Å². The van der Waals surface area contributed by atoms with Crippen molar-refractivity contribution in [2.75, 3.05) is 6.61 Å². The van der Waals surface area contributed by atoms with E-state index in [1.165, 1.54) is 12.5 Å². The Morgan fingerprint density at radius 3 is 2.23 bits per heavy atom. The summed E-state index contributed by atoms with van der Waals surface area (Å²) in [6.45, 7) is 9.59. The fraction of sp³-hybridized carbons (Fsp3) is 0.545. The molecule has 0 spiro atoms. The van der Waals surface area contributed by atoms with Gasteiger partial charge in [0.1, 0.15) is 12.9 Å². The molecular formula is C22H34O4. The lowest BCUT2D eigenvalue weighted by molar-refractivity contribution is -0.140. The van der Waals surface area contributed by atoms with Gasteiger partial charge >= 0.3 is 5.97 Å². The normalized spacial score (nSPS) is 14.0. The first-order valence-corrected chi connectivity index (χ1v) is 9.16. The average molecular weight is 363 g/mol. The average Bonchev–Trinajstić information content (AvgIpc) is 2.56. The molecular weight excluding hydrogens is 328 g/mol. The molecule has 146 valence electrons. The molecule has 1 atom stereocenters. The number of allylic oxidation sites excluding steroid dienone is 5. The quantitative estimate of drug-likeness (QED) is 0.233. The van der Waals surface area contributed by atoms with Crippen LogP contribution in [0.15, 0.2) is 46.6 Å². The Kier molecular flexibility index (Phi) is 13.2. The second kappa shape index (κ2) is 14.3. The highest BCUT2D eigenvalue weighted by atomic mass is 16.5. The van der Waals surface area contributed by atoms with Crippen molar-refractivity contribution in [1.29, 1.82) is 0 Å². The van der Waals surface area contributed by atoms with Crippen LogP contribution in [-0.2, 0) is 14.3 Å². The van der Waals surface area contributed by atoms with Crippen molar-refractivity contribution in [3.63, 3.8) is 0 Å². The van der Waals surface area contributed by atoms with E-state index in [0.29, 0.717) is 13.0 Å². The number of aliphatic hydroxyl groups excluding tert-OH is 1. The first-order chi connectivity index (χ1) is 12.3. The summed E-state index contributed by atoms with van der Waals surface area (Å²) in [4.78, 5) is 21.5. The molecule has 0 saturated carbocycles. The van der Waals surface area contributed by atoms with Gasteiger partial charge in [-0.2, -0.15) is 0 Å². The third kappa shape index (κ3) is 13.4. The smallest absolute Gasteiger partial charge is 0.302 e. The van der Waals surface area contributed by atoms with Crippen LogP contribution in [0.5, 0.6) is 0 Å². The van der Waals surface area contributed by atoms with Crippen LogP contribution in [0.25, 0.3) is 0 Å². The number of ether oxygens (including phenoxy) is 1. The minimum absolute atomic E-state index is 0.291. The van der Waals surface area contributed by atoms with E-state index in [1.54, 1.807) is 6.08 Å². The van der Waals surface area contributed by atoms with Gasteiger partial charge in [-0.3, -0.25) is 9.59 Å². The Labute approximate surface area is 158 Å². The fourth-order valence-corrected chi connectivity index (χ4v) is 2.29. The second-order valence-electron chi connectivity index (χ2n) is 6.85. The van der Waals surface area contributed by atoms with E-state index < -0.39 is 6.10 Å². The molecule has 0 aliphatic heterocycles. The van der Waals surface area contributed by atoms with E-state index >= 15 is 0 Å². The lowest BCUT2D eigenvalue weighted by Crippen LogP contribution is -2.07. The molecule has 4 heteroatoms. The Hall–Kier alpha value is -1.94. The Balaban J connectivity index is 4.68. The SMILES string of the molecule is CC(=O)OCC(=CCCC(C)=CC=O)CCC=C(C)C(O)CC=C(C)C. The number of aliphatic hydroxyl groups is 1. The minimum atomic E-state index is -0.457. The van der Waals surface area contributed by atoms with Crippen molar-refractivity contribution in [3.8, 4) is 0 Å². The molecule has 0 rings (SSSR count). The molecule has 0 aliphatic rings. The van der Waals surface area contributed by atoms with Crippen molar-refractivity contribution >= 4 is 12.3 Å². The lowest BCUT2D eigenvalue weighted by atomic mass is 10.0. The molecule has 0 saturated heterocycles. The first kappa shape index (κ1) is 24.1. The van der Waals surface area contributed by atoms with Gasteiger partial charge in [0.05, 0.1) is 6.10 Å². The van der Waals surface area contributed by atoms with Crippen LogP contribution in [0.4, 0.5) is 0 Å². The summed E-state index contributed by atoms with van der Waals surface area (Å²) in [5, 5.41) is 10.1. The Morgan fingerprint density at radius 1 is 1.00 bits per heavy atom. The summed E-state index contributed by atoms with van der Waals surface area (Å²) in [7, 11) is 0. The molecule has 0 heterocycles. The van der Waals surface area contributed by atoms with Gasteiger partial charge in [-0.15, -0.1) is 0 Å². The predicted octanol–water partition coefficient (Wildman–Crippen LogP) is 4.85. The molecule has 0 bridgehead atoms. The van der Waals surface area contributed by atoms with Gasteiger partial charge in [0.2, 0.25) is 0 Å². The highest BCUT2D eigenvalue weighted by molar-refractivity contribution is 5.66. The van der Waals surface area contributed by atoms with Crippen LogP contribution < -0.4 is 0 Å². The van der Waals surface area contributed by atoms with E-state index in [2.05, 4.69) is 6.08 Å². The predicted molar refractivity (Wildman–Crippen MR) is 107 cm³/mol. The number of hydrogen-bond acceptors (Lipinski definition) is 4. The van der Waals surface area contributed by atoms with Crippen LogP contribution >= 0.6 is 0 Å². The van der Waals surface area contributed by atoms with Gasteiger partial charge in [0.15, 0.2) is 0 Å². The van der Waals surface area contributed by atoms with Crippen LogP contribution in [0.2, 0.25) is 0 Å². The monoisotopic (exact) mass is 362 g/mol. The highest BCUT2D eigenvalue weighted by Crippen LogP contribution is 2.15. The van der Waals surface area contributed by atoms with Crippen LogP contribution in [0.1, 0.15) is 66.7 Å². The second-order valence-corrected chi connectivity index (χ2v) is 6.85. The standard InChI is InChI=1S/C22H34O4/c1-17(2)12-13-22(25)19(4)9-7-11-21(16-26-20(5)24)10-6-8-18(3)14-15-23/h9-10,12,14-15,22,25H,6-8,11,13,16H2,1-5H3. The van der Waals surface area contributed by atoms with E-state index in [9.17, 15) is 14.7 Å². The maximum atomic E-state index is 11.1. The Morgan fingerprint density at radius 2 is 1.65 bits per heavy atom. The van der Waals surface area contributed by atoms with Crippen LogP contribution in [0.3, 0.4) is 0 Å². The molecule has 0 aromatic rings. The number of hydrogen-bond donors (Lipinski definition) is 1. The maximum Gasteiger partial charge on any atom is 0.302 e. The van der Waals surface area contributed by atoms with E-state index in [-0.39, 0.29) is 5.97 Å². The number of rotatable bonds is 12. The number of esters is 1. The first-order valence-electron chi connectivity index (χ1n) is 9.16. The molecule has 0 aromatic carbocycles. The lowest BCUT2D eigenvalue weighted by Gasteiger charge is -2.11. The van der Waals surface area contributed by atoms with Gasteiger partial charge in [-0.25, -0.2) is 0 Å². The van der Waals surface area contributed by atoms with E-state index in [4.69, 9.17) is 4.74 Å². The summed E-state index contributed by atoms with van der Waals surface area (Å²) < 4.78 is 5.12. The molecule has 1 N–H and O–H groups in total. The molecule has 1 unspecified atom stereocenters. The van der Waals surface area contributed by atoms with Crippen LogP contribution in [0, 0.1) is 0 Å². The zero-order valence-corrected chi connectivity index (χ0v) is 16.9. The summed E-state index contributed by atoms with van der Waals surface area (Å²) in [6, 6.07) is 0. The minimum Gasteiger partial charge on any atom is -0.461 e. The zero-order valence-electron chi connectivity index (χ0n) is 16.9. The fourth-order valence-electron chi connectivity index (χ4n) is 2.29. The molecule has 0 aromatic heterocycles. The van der Waals surface area contributed by atoms with Crippen molar-refractivity contribution in [3.05, 3.63) is 46.6 Å². The van der Waals surface area contributed by atoms with Gasteiger partial charge in [-0.05, 0) is 77.0 Å². The summed E-state index contributed by atoms with van der Waals surface area (Å²) >= 11 is 0. The van der Waals surface area contributed by atoms with Crippen molar-refractivity contribution in [1.82, 2.24) is 0 Å². The highest BCUT2D eigenvalue weighted by Gasteiger charge is 2.05. The van der Waals surface area contributed by atoms with Crippen LogP contribution in [-0.4, -0.2) is 30.1 Å². The topological polar surface area (TPSA) is 63.6 Å². The third-order valence-corrected chi connectivity index (χ3v) is 3.99. The molecule has 0 radical (unpaired) electrons. The summed E-state index contributed by atoms with van der Waals surface area (Å²) in [6.07, 6.45) is 11.9. The largest absolute Gasteiger partial charge is 0.461 e. The maximum absolute atomic E-state index is 11.1.